The van der Waals surface area contributed by atoms with E-state index in [-0.39, 0.29) is 11.5 Å². The first-order valence-electron chi connectivity index (χ1n) is 9.96. The van der Waals surface area contributed by atoms with E-state index in [1.165, 1.54) is 5.56 Å². The minimum Gasteiger partial charge on any atom is -0.488 e. The number of rotatable bonds is 9. The van der Waals surface area contributed by atoms with Gasteiger partial charge in [0.1, 0.15) is 24.0 Å². The van der Waals surface area contributed by atoms with E-state index in [1.807, 2.05) is 78.9 Å². The molecule has 3 rings (SSSR count). The number of nitrogens with one attached hydrogen (secondary N) is 1. The summed E-state index contributed by atoms with van der Waals surface area (Å²) in [5.41, 5.74) is 3.04. The molecular weight excluding hydrogens is 372 g/mol. The zero-order valence-electron chi connectivity index (χ0n) is 16.8. The van der Waals surface area contributed by atoms with Gasteiger partial charge in [-0.3, -0.25) is 4.79 Å². The second-order valence-electron chi connectivity index (χ2n) is 6.83. The van der Waals surface area contributed by atoms with Gasteiger partial charge in [0.25, 0.3) is 5.91 Å². The molecule has 4 heteroatoms. The maximum atomic E-state index is 12.4. The summed E-state index contributed by atoms with van der Waals surface area (Å²) in [6, 6.07) is 29.4. The fraction of sp³-hybridized carbons (Fsp3) is 0.154. The lowest BCUT2D eigenvalue weighted by Gasteiger charge is -2.10. The highest BCUT2D eigenvalue weighted by atomic mass is 16.5. The molecule has 150 valence electrons. The molecule has 0 spiro atoms. The third-order valence-corrected chi connectivity index (χ3v) is 4.59. The fourth-order valence-corrected chi connectivity index (χ4v) is 3.00. The molecule has 1 amide bonds. The van der Waals surface area contributed by atoms with E-state index >= 15 is 0 Å². The van der Waals surface area contributed by atoms with E-state index in [0.717, 1.165) is 18.4 Å². The smallest absolute Gasteiger partial charge is 0.261 e. The van der Waals surface area contributed by atoms with Gasteiger partial charge in [0.15, 0.2) is 0 Å². The van der Waals surface area contributed by atoms with Crippen LogP contribution in [-0.4, -0.2) is 12.5 Å². The first-order chi connectivity index (χ1) is 14.8. The van der Waals surface area contributed by atoms with Crippen molar-refractivity contribution in [3.8, 4) is 11.8 Å². The van der Waals surface area contributed by atoms with Gasteiger partial charge in [-0.15, -0.1) is 0 Å². The van der Waals surface area contributed by atoms with Crippen LogP contribution in [0.1, 0.15) is 23.1 Å². The Kier molecular flexibility index (Phi) is 7.82. The predicted molar refractivity (Wildman–Crippen MR) is 119 cm³/mol. The van der Waals surface area contributed by atoms with Crippen LogP contribution in [0, 0.1) is 11.3 Å². The Hall–Kier alpha value is -3.84. The first kappa shape index (κ1) is 20.9. The number of amides is 1. The van der Waals surface area contributed by atoms with Gasteiger partial charge in [-0.1, -0.05) is 78.9 Å². The van der Waals surface area contributed by atoms with Gasteiger partial charge in [0.2, 0.25) is 0 Å². The lowest BCUT2D eigenvalue weighted by Crippen LogP contribution is -2.25. The average molecular weight is 396 g/mol. The average Bonchev–Trinajstić information content (AvgIpc) is 2.80. The Bertz CT molecular complexity index is 1020. The molecule has 0 fully saturated rings. The van der Waals surface area contributed by atoms with Gasteiger partial charge in [0, 0.05) is 12.1 Å². The van der Waals surface area contributed by atoms with Gasteiger partial charge in [-0.2, -0.15) is 5.26 Å². The van der Waals surface area contributed by atoms with E-state index in [9.17, 15) is 10.1 Å². The largest absolute Gasteiger partial charge is 0.488 e. The van der Waals surface area contributed by atoms with Crippen molar-refractivity contribution in [2.75, 3.05) is 6.54 Å². The molecule has 0 saturated carbocycles. The minimum absolute atomic E-state index is 0.0606. The summed E-state index contributed by atoms with van der Waals surface area (Å²) in [5, 5.41) is 12.3. The van der Waals surface area contributed by atoms with Crippen molar-refractivity contribution < 1.29 is 9.53 Å². The quantitative estimate of drug-likeness (QED) is 0.317. The summed E-state index contributed by atoms with van der Waals surface area (Å²) < 4.78 is 5.91. The molecule has 0 saturated heterocycles. The second-order valence-corrected chi connectivity index (χ2v) is 6.83. The van der Waals surface area contributed by atoms with Gasteiger partial charge >= 0.3 is 0 Å². The van der Waals surface area contributed by atoms with Gasteiger partial charge < -0.3 is 10.1 Å². The summed E-state index contributed by atoms with van der Waals surface area (Å²) in [4.78, 5) is 12.4. The molecule has 0 heterocycles. The summed E-state index contributed by atoms with van der Waals surface area (Å²) >= 11 is 0. The van der Waals surface area contributed by atoms with Crippen molar-refractivity contribution in [1.29, 1.82) is 5.26 Å². The number of benzene rings is 3. The molecule has 3 aromatic rings. The van der Waals surface area contributed by atoms with E-state index in [0.29, 0.717) is 24.5 Å². The van der Waals surface area contributed by atoms with Crippen LogP contribution in [0.3, 0.4) is 0 Å². The van der Waals surface area contributed by atoms with Crippen LogP contribution < -0.4 is 10.1 Å². The van der Waals surface area contributed by atoms with Crippen LogP contribution in [-0.2, 0) is 17.8 Å². The molecule has 0 radical (unpaired) electrons. The number of hydrogen-bond donors (Lipinski definition) is 1. The predicted octanol–water partition coefficient (Wildman–Crippen LogP) is 4.92. The van der Waals surface area contributed by atoms with Crippen molar-refractivity contribution in [3.05, 3.63) is 107 Å². The number of hydrogen-bond acceptors (Lipinski definition) is 3. The number of para-hydroxylation sites is 1. The summed E-state index contributed by atoms with van der Waals surface area (Å²) in [6.45, 7) is 0.929. The molecule has 0 unspecified atom stereocenters. The molecule has 0 atom stereocenters. The van der Waals surface area contributed by atoms with E-state index in [2.05, 4.69) is 17.4 Å². The maximum Gasteiger partial charge on any atom is 0.261 e. The number of nitriles is 1. The van der Waals surface area contributed by atoms with Gasteiger partial charge in [-0.05, 0) is 36.1 Å². The lowest BCUT2D eigenvalue weighted by atomic mass is 10.1. The maximum absolute atomic E-state index is 12.4. The molecule has 4 nitrogen and oxygen atoms in total. The molecule has 1 N–H and O–H groups in total. The molecule has 0 bridgehead atoms. The zero-order valence-corrected chi connectivity index (χ0v) is 16.8. The Morgan fingerprint density at radius 3 is 2.23 bits per heavy atom. The molecule has 0 aliphatic rings. The highest BCUT2D eigenvalue weighted by molar-refractivity contribution is 6.01. The standard InChI is InChI=1S/C26H24N2O2/c27-19-24(26(29)28-17-9-14-21-10-3-1-4-11-21)18-23-15-7-8-16-25(23)30-20-22-12-5-2-6-13-22/h1-8,10-13,15-16,18H,9,14,17,20H2,(H,28,29)/b24-18-. The Labute approximate surface area is 177 Å². The van der Waals surface area contributed by atoms with Crippen LogP contribution >= 0.6 is 0 Å². The van der Waals surface area contributed by atoms with E-state index in [4.69, 9.17) is 4.74 Å². The zero-order chi connectivity index (χ0) is 21.0. The summed E-state index contributed by atoms with van der Waals surface area (Å²) in [6.07, 6.45) is 3.26. The van der Waals surface area contributed by atoms with E-state index < -0.39 is 0 Å². The van der Waals surface area contributed by atoms with Crippen LogP contribution in [0.2, 0.25) is 0 Å². The SMILES string of the molecule is N#C/C(=C/c1ccccc1OCc1ccccc1)C(=O)NCCCc1ccccc1. The number of carbonyl (C=O) groups is 1. The monoisotopic (exact) mass is 396 g/mol. The Morgan fingerprint density at radius 1 is 0.900 bits per heavy atom. The van der Waals surface area contributed by atoms with Gasteiger partial charge in [-0.25, -0.2) is 0 Å². The van der Waals surface area contributed by atoms with Crippen LogP contribution in [0.4, 0.5) is 0 Å². The molecular formula is C26H24N2O2. The summed E-state index contributed by atoms with van der Waals surface area (Å²) in [5.74, 6) is 0.259. The van der Waals surface area contributed by atoms with Crippen molar-refractivity contribution >= 4 is 12.0 Å². The van der Waals surface area contributed by atoms with Crippen LogP contribution in [0.15, 0.2) is 90.5 Å². The Morgan fingerprint density at radius 2 is 1.53 bits per heavy atom. The molecule has 30 heavy (non-hydrogen) atoms. The first-order valence-corrected chi connectivity index (χ1v) is 9.96. The summed E-state index contributed by atoms with van der Waals surface area (Å²) in [7, 11) is 0. The Balaban J connectivity index is 1.59. The van der Waals surface area contributed by atoms with Crippen LogP contribution in [0.5, 0.6) is 5.75 Å². The van der Waals surface area contributed by atoms with Crippen molar-refractivity contribution in [1.82, 2.24) is 5.32 Å². The van der Waals surface area contributed by atoms with Crippen molar-refractivity contribution in [2.24, 2.45) is 0 Å². The normalized spacial score (nSPS) is 10.8. The van der Waals surface area contributed by atoms with Crippen LogP contribution in [0.25, 0.3) is 6.08 Å². The van der Waals surface area contributed by atoms with E-state index in [1.54, 1.807) is 6.08 Å². The van der Waals surface area contributed by atoms with Crippen molar-refractivity contribution in [2.45, 2.75) is 19.4 Å². The molecule has 3 aromatic carbocycles. The highest BCUT2D eigenvalue weighted by Crippen LogP contribution is 2.22. The fourth-order valence-electron chi connectivity index (χ4n) is 3.00. The number of aryl methyl sites for hydroxylation is 1. The molecule has 0 aromatic heterocycles. The third kappa shape index (κ3) is 6.35. The minimum atomic E-state index is -0.372. The molecule has 0 aliphatic heterocycles. The second kappa shape index (κ2) is 11.2. The number of carbonyl (C=O) groups excluding carboxylic acids is 1. The topological polar surface area (TPSA) is 62.1 Å². The van der Waals surface area contributed by atoms with Gasteiger partial charge in [0.05, 0.1) is 0 Å². The molecule has 0 aliphatic carbocycles. The third-order valence-electron chi connectivity index (χ3n) is 4.59. The lowest BCUT2D eigenvalue weighted by molar-refractivity contribution is -0.117. The highest BCUT2D eigenvalue weighted by Gasteiger charge is 2.10. The number of nitrogens with zero attached hydrogens (tertiary/aromatic N) is 1. The van der Waals surface area contributed by atoms with Crippen molar-refractivity contribution in [3.63, 3.8) is 0 Å². The number of ether oxygens (including phenoxy) is 1.